The van der Waals surface area contributed by atoms with Crippen LogP contribution in [0.1, 0.15) is 24.5 Å². The average Bonchev–Trinajstić information content (AvgIpc) is 2.59. The number of nitro benzene ring substituents is 1. The van der Waals surface area contributed by atoms with Crippen molar-refractivity contribution in [2.45, 2.75) is 26.3 Å². The molecule has 0 atom stereocenters. The molecule has 0 unspecified atom stereocenters. The first-order chi connectivity index (χ1) is 11.6. The molecule has 0 bridgehead atoms. The lowest BCUT2D eigenvalue weighted by Gasteiger charge is -2.08. The minimum atomic E-state index is -0.475. The zero-order valence-corrected chi connectivity index (χ0v) is 13.5. The summed E-state index contributed by atoms with van der Waals surface area (Å²) in [6.45, 7) is 3.08. The van der Waals surface area contributed by atoms with Crippen LogP contribution in [0.3, 0.4) is 0 Å². The van der Waals surface area contributed by atoms with Crippen LogP contribution in [-0.4, -0.2) is 17.4 Å². The minimum Gasteiger partial charge on any atom is -0.494 e. The summed E-state index contributed by atoms with van der Waals surface area (Å²) in [4.78, 5) is 22.5. The average molecular weight is 328 g/mol. The normalized spacial score (nSPS) is 10.2. The molecule has 0 fully saturated rings. The molecule has 1 amide bonds. The van der Waals surface area contributed by atoms with E-state index in [1.807, 2.05) is 31.2 Å². The van der Waals surface area contributed by atoms with E-state index in [1.54, 1.807) is 18.2 Å². The Hall–Kier alpha value is -2.89. The molecule has 0 radical (unpaired) electrons. The maximum Gasteiger partial charge on any atom is 0.273 e. The van der Waals surface area contributed by atoms with Gasteiger partial charge in [0.15, 0.2) is 0 Å². The SMILES string of the molecule is CCCOc1ccc(CNC(=O)Cc2ccccc2[N+](=O)[O-])cc1. The Morgan fingerprint density at radius 3 is 2.54 bits per heavy atom. The van der Waals surface area contributed by atoms with E-state index in [2.05, 4.69) is 5.32 Å². The van der Waals surface area contributed by atoms with Crippen LogP contribution in [0.15, 0.2) is 48.5 Å². The topological polar surface area (TPSA) is 81.5 Å². The van der Waals surface area contributed by atoms with E-state index in [4.69, 9.17) is 4.74 Å². The maximum absolute atomic E-state index is 12.0. The molecular weight excluding hydrogens is 308 g/mol. The number of nitrogens with zero attached hydrogens (tertiary/aromatic N) is 1. The fraction of sp³-hybridized carbons (Fsp3) is 0.278. The molecular formula is C18H20N2O4. The Morgan fingerprint density at radius 2 is 1.88 bits per heavy atom. The molecule has 126 valence electrons. The number of nitrogens with one attached hydrogen (secondary N) is 1. The van der Waals surface area contributed by atoms with E-state index < -0.39 is 4.92 Å². The highest BCUT2D eigenvalue weighted by Crippen LogP contribution is 2.18. The van der Waals surface area contributed by atoms with E-state index in [9.17, 15) is 14.9 Å². The molecule has 0 aromatic heterocycles. The molecule has 0 spiro atoms. The van der Waals surface area contributed by atoms with Crippen molar-refractivity contribution in [1.82, 2.24) is 5.32 Å². The van der Waals surface area contributed by atoms with E-state index in [0.29, 0.717) is 18.7 Å². The standard InChI is InChI=1S/C18H20N2O4/c1-2-11-24-16-9-7-14(8-10-16)13-19-18(21)12-15-5-3-4-6-17(15)20(22)23/h3-10H,2,11-13H2,1H3,(H,19,21). The van der Waals surface area contributed by atoms with E-state index >= 15 is 0 Å². The van der Waals surface area contributed by atoms with Gasteiger partial charge in [-0.2, -0.15) is 0 Å². The summed E-state index contributed by atoms with van der Waals surface area (Å²) in [5.74, 6) is 0.544. The van der Waals surface area contributed by atoms with Gasteiger partial charge in [-0.15, -0.1) is 0 Å². The number of amides is 1. The lowest BCUT2D eigenvalue weighted by atomic mass is 10.1. The molecule has 0 heterocycles. The molecule has 0 aliphatic heterocycles. The van der Waals surface area contributed by atoms with Crippen LogP contribution in [0, 0.1) is 10.1 Å². The van der Waals surface area contributed by atoms with Crippen LogP contribution < -0.4 is 10.1 Å². The molecule has 0 aliphatic carbocycles. The second-order valence-electron chi connectivity index (χ2n) is 5.33. The summed E-state index contributed by atoms with van der Waals surface area (Å²) in [7, 11) is 0. The summed E-state index contributed by atoms with van der Waals surface area (Å²) in [6.07, 6.45) is 0.929. The monoisotopic (exact) mass is 328 g/mol. The van der Waals surface area contributed by atoms with Gasteiger partial charge in [0, 0.05) is 18.2 Å². The zero-order chi connectivity index (χ0) is 17.4. The Labute approximate surface area is 140 Å². The first-order valence-corrected chi connectivity index (χ1v) is 7.81. The highest BCUT2D eigenvalue weighted by Gasteiger charge is 2.15. The smallest absolute Gasteiger partial charge is 0.273 e. The van der Waals surface area contributed by atoms with Crippen LogP contribution >= 0.6 is 0 Å². The fourth-order valence-corrected chi connectivity index (χ4v) is 2.20. The van der Waals surface area contributed by atoms with Crippen molar-refractivity contribution in [1.29, 1.82) is 0 Å². The van der Waals surface area contributed by atoms with E-state index in [-0.39, 0.29) is 18.0 Å². The third-order valence-corrected chi connectivity index (χ3v) is 3.43. The number of benzene rings is 2. The number of rotatable bonds is 8. The Balaban J connectivity index is 1.88. The third-order valence-electron chi connectivity index (χ3n) is 3.43. The lowest BCUT2D eigenvalue weighted by molar-refractivity contribution is -0.385. The number of hydrogen-bond donors (Lipinski definition) is 1. The van der Waals surface area contributed by atoms with Crippen molar-refractivity contribution in [2.75, 3.05) is 6.61 Å². The predicted octanol–water partition coefficient (Wildman–Crippen LogP) is 3.24. The first-order valence-electron chi connectivity index (χ1n) is 7.81. The number of hydrogen-bond acceptors (Lipinski definition) is 4. The fourth-order valence-electron chi connectivity index (χ4n) is 2.20. The summed E-state index contributed by atoms with van der Waals surface area (Å²) < 4.78 is 5.50. The van der Waals surface area contributed by atoms with Gasteiger partial charge in [-0.05, 0) is 24.1 Å². The Morgan fingerprint density at radius 1 is 1.17 bits per heavy atom. The predicted molar refractivity (Wildman–Crippen MR) is 90.9 cm³/mol. The van der Waals surface area contributed by atoms with Gasteiger partial charge in [-0.1, -0.05) is 37.3 Å². The number of carbonyl (C=O) groups is 1. The van der Waals surface area contributed by atoms with Crippen LogP contribution in [0.5, 0.6) is 5.75 Å². The zero-order valence-electron chi connectivity index (χ0n) is 13.5. The van der Waals surface area contributed by atoms with Gasteiger partial charge in [-0.25, -0.2) is 0 Å². The first kappa shape index (κ1) is 17.5. The van der Waals surface area contributed by atoms with Crippen LogP contribution in [0.25, 0.3) is 0 Å². The molecule has 1 N–H and O–H groups in total. The Kier molecular flexibility index (Phi) is 6.31. The Bertz CT molecular complexity index is 698. The largest absolute Gasteiger partial charge is 0.494 e. The number of carbonyl (C=O) groups excluding carboxylic acids is 1. The quantitative estimate of drug-likeness (QED) is 0.596. The second kappa shape index (κ2) is 8.67. The van der Waals surface area contributed by atoms with E-state index in [0.717, 1.165) is 17.7 Å². The van der Waals surface area contributed by atoms with Crippen LogP contribution in [0.4, 0.5) is 5.69 Å². The van der Waals surface area contributed by atoms with Gasteiger partial charge in [0.25, 0.3) is 5.69 Å². The molecule has 2 rings (SSSR count). The van der Waals surface area contributed by atoms with Gasteiger partial charge in [0.1, 0.15) is 5.75 Å². The summed E-state index contributed by atoms with van der Waals surface area (Å²) in [6, 6.07) is 13.8. The van der Waals surface area contributed by atoms with Crippen molar-refractivity contribution >= 4 is 11.6 Å². The summed E-state index contributed by atoms with van der Waals surface area (Å²) >= 11 is 0. The van der Waals surface area contributed by atoms with Gasteiger partial charge in [0.2, 0.25) is 5.91 Å². The van der Waals surface area contributed by atoms with Crippen molar-refractivity contribution in [2.24, 2.45) is 0 Å². The van der Waals surface area contributed by atoms with Gasteiger partial charge in [0.05, 0.1) is 18.0 Å². The van der Waals surface area contributed by atoms with Gasteiger partial charge in [-0.3, -0.25) is 14.9 Å². The minimum absolute atomic E-state index is 0.0190. The van der Waals surface area contributed by atoms with Crippen molar-refractivity contribution < 1.29 is 14.5 Å². The van der Waals surface area contributed by atoms with Crippen molar-refractivity contribution in [3.63, 3.8) is 0 Å². The van der Waals surface area contributed by atoms with Crippen LogP contribution in [-0.2, 0) is 17.8 Å². The highest BCUT2D eigenvalue weighted by molar-refractivity contribution is 5.79. The molecule has 0 saturated heterocycles. The molecule has 2 aromatic rings. The third kappa shape index (κ3) is 5.08. The maximum atomic E-state index is 12.0. The van der Waals surface area contributed by atoms with Gasteiger partial charge < -0.3 is 10.1 Å². The highest BCUT2D eigenvalue weighted by atomic mass is 16.6. The summed E-state index contributed by atoms with van der Waals surface area (Å²) in [5.41, 5.74) is 1.31. The molecule has 24 heavy (non-hydrogen) atoms. The summed E-state index contributed by atoms with van der Waals surface area (Å²) in [5, 5.41) is 13.7. The number of nitro groups is 1. The molecule has 6 nitrogen and oxygen atoms in total. The van der Waals surface area contributed by atoms with E-state index in [1.165, 1.54) is 6.07 Å². The molecule has 2 aromatic carbocycles. The van der Waals surface area contributed by atoms with Crippen molar-refractivity contribution in [3.05, 3.63) is 69.8 Å². The molecule has 0 saturated carbocycles. The molecule has 6 heteroatoms. The van der Waals surface area contributed by atoms with Crippen LogP contribution in [0.2, 0.25) is 0 Å². The number of ether oxygens (including phenoxy) is 1. The van der Waals surface area contributed by atoms with Gasteiger partial charge >= 0.3 is 0 Å². The lowest BCUT2D eigenvalue weighted by Crippen LogP contribution is -2.24. The second-order valence-corrected chi connectivity index (χ2v) is 5.33. The number of para-hydroxylation sites is 1. The van der Waals surface area contributed by atoms with Crippen molar-refractivity contribution in [3.8, 4) is 5.75 Å². The molecule has 0 aliphatic rings.